The molecule has 22 heavy (non-hydrogen) atoms. The van der Waals surface area contributed by atoms with Gasteiger partial charge in [-0.3, -0.25) is 0 Å². The maximum Gasteiger partial charge on any atom is 0.125 e. The van der Waals surface area contributed by atoms with Gasteiger partial charge in [0.25, 0.3) is 0 Å². The lowest BCUT2D eigenvalue weighted by Crippen LogP contribution is -2.63. The number of fused-ring (bicyclic) bond motifs is 1. The van der Waals surface area contributed by atoms with E-state index in [2.05, 4.69) is 55.4 Å². The second-order valence-corrected chi connectivity index (χ2v) is 18.4. The van der Waals surface area contributed by atoms with Crippen LogP contribution >= 0.6 is 0 Å². The molecule has 1 N–H and O–H groups in total. The Labute approximate surface area is 135 Å². The molecule has 2 rings (SSSR count). The molecule has 0 spiro atoms. The fourth-order valence-electron chi connectivity index (χ4n) is 4.07. The van der Waals surface area contributed by atoms with Crippen LogP contribution in [0, 0.1) is 5.82 Å². The maximum absolute atomic E-state index is 13.3. The highest BCUT2D eigenvalue weighted by Gasteiger charge is 2.37. The molecule has 0 saturated heterocycles. The van der Waals surface area contributed by atoms with Crippen molar-refractivity contribution in [1.82, 2.24) is 9.22 Å². The molecule has 0 aliphatic rings. The highest BCUT2D eigenvalue weighted by molar-refractivity contribution is 6.89. The Morgan fingerprint density at radius 2 is 1.68 bits per heavy atom. The number of halogens is 1. The van der Waals surface area contributed by atoms with Gasteiger partial charge in [-0.25, -0.2) is 4.39 Å². The van der Waals surface area contributed by atoms with Gasteiger partial charge in [0.05, 0.1) is 0 Å². The van der Waals surface area contributed by atoms with Crippen molar-refractivity contribution >= 4 is 27.4 Å². The third-order valence-electron chi connectivity index (χ3n) is 4.13. The fourth-order valence-corrected chi connectivity index (χ4v) is 14.9. The Bertz CT molecular complexity index is 639. The fraction of sp³-hybridized carbons (Fsp3) is 0.529. The molecule has 0 saturated carbocycles. The van der Waals surface area contributed by atoms with Gasteiger partial charge in [-0.2, -0.15) is 0 Å². The van der Waals surface area contributed by atoms with Gasteiger partial charge in [-0.1, -0.05) is 46.2 Å². The van der Waals surface area contributed by atoms with Crippen molar-refractivity contribution in [3.8, 4) is 0 Å². The highest BCUT2D eigenvalue weighted by atomic mass is 28.4. The number of aromatic amines is 1. The van der Waals surface area contributed by atoms with Gasteiger partial charge in [0.1, 0.15) is 22.3 Å². The number of hydrogen-bond donors (Lipinski definition) is 1. The number of aromatic nitrogens is 1. The van der Waals surface area contributed by atoms with Crippen molar-refractivity contribution in [3.05, 3.63) is 35.8 Å². The molecule has 5 heteroatoms. The second-order valence-electron chi connectivity index (χ2n) is 8.27. The molecule has 0 aliphatic carbocycles. The van der Waals surface area contributed by atoms with E-state index in [1.165, 1.54) is 5.56 Å². The summed E-state index contributed by atoms with van der Waals surface area (Å²) < 4.78 is 16.2. The van der Waals surface area contributed by atoms with Crippen LogP contribution in [0.2, 0.25) is 39.3 Å². The molecule has 1 aromatic heterocycles. The van der Waals surface area contributed by atoms with Crippen LogP contribution in [0.5, 0.6) is 0 Å². The van der Waals surface area contributed by atoms with Crippen LogP contribution in [0.25, 0.3) is 10.9 Å². The van der Waals surface area contributed by atoms with Crippen molar-refractivity contribution in [1.29, 1.82) is 0 Å². The van der Waals surface area contributed by atoms with Gasteiger partial charge in [0.2, 0.25) is 0 Å². The number of nitrogens with one attached hydrogen (secondary N) is 1. The molecule has 2 nitrogen and oxygen atoms in total. The van der Waals surface area contributed by atoms with E-state index in [1.54, 1.807) is 12.1 Å². The number of nitrogens with zero attached hydrogens (tertiary/aromatic N) is 1. The van der Waals surface area contributed by atoms with E-state index < -0.39 is 16.5 Å². The highest BCUT2D eigenvalue weighted by Crippen LogP contribution is 2.27. The molecular formula is C17H29FN2Si2. The lowest BCUT2D eigenvalue weighted by molar-refractivity contribution is 0.470. The zero-order valence-corrected chi connectivity index (χ0v) is 16.9. The van der Waals surface area contributed by atoms with Crippen molar-refractivity contribution in [2.24, 2.45) is 0 Å². The first-order valence-corrected chi connectivity index (χ1v) is 14.9. The molecule has 122 valence electrons. The molecule has 1 unspecified atom stereocenters. The van der Waals surface area contributed by atoms with Crippen LogP contribution in [-0.4, -0.2) is 31.7 Å². The number of hydrogen-bond acceptors (Lipinski definition) is 1. The summed E-state index contributed by atoms with van der Waals surface area (Å²) in [6.45, 7) is 17.0. The number of rotatable bonds is 5. The van der Waals surface area contributed by atoms with Crippen LogP contribution in [0.3, 0.4) is 0 Å². The average molecular weight is 337 g/mol. The van der Waals surface area contributed by atoms with Gasteiger partial charge in [0, 0.05) is 17.1 Å². The lowest BCUT2D eigenvalue weighted by Gasteiger charge is -2.47. The predicted octanol–water partition coefficient (Wildman–Crippen LogP) is 5.21. The molecule has 0 aliphatic heterocycles. The SMILES string of the molecule is CC(Cc1c[nH]c2cc(F)ccc12)N([Si](C)(C)C)[Si](C)(C)C. The molecule has 2 aromatic rings. The normalized spacial score (nSPS) is 14.8. The van der Waals surface area contributed by atoms with Gasteiger partial charge in [-0.15, -0.1) is 0 Å². The van der Waals surface area contributed by atoms with Crippen molar-refractivity contribution < 1.29 is 4.39 Å². The molecule has 0 bridgehead atoms. The minimum Gasteiger partial charge on any atom is -0.361 e. The first-order chi connectivity index (χ1) is 10.00. The zero-order valence-electron chi connectivity index (χ0n) is 14.9. The monoisotopic (exact) mass is 336 g/mol. The number of H-pyrrole nitrogens is 1. The van der Waals surface area contributed by atoms with E-state index >= 15 is 0 Å². The van der Waals surface area contributed by atoms with E-state index in [0.717, 1.165) is 17.3 Å². The Morgan fingerprint density at radius 1 is 1.09 bits per heavy atom. The summed E-state index contributed by atoms with van der Waals surface area (Å²) in [7, 11) is -2.74. The minimum absolute atomic E-state index is 0.181. The zero-order chi connectivity index (χ0) is 16.7. The van der Waals surface area contributed by atoms with Gasteiger partial charge < -0.3 is 9.22 Å². The van der Waals surface area contributed by atoms with Crippen LogP contribution in [0.1, 0.15) is 12.5 Å². The van der Waals surface area contributed by atoms with E-state index in [4.69, 9.17) is 0 Å². The Morgan fingerprint density at radius 3 is 2.23 bits per heavy atom. The summed E-state index contributed by atoms with van der Waals surface area (Å²) >= 11 is 0. The standard InChI is InChI=1S/C17H29FN2Si2/c1-13(20(21(2,3)4)22(5,6)7)10-14-12-19-17-11-15(18)8-9-16(14)17/h8-9,11-13,19H,10H2,1-7H3. The third kappa shape index (κ3) is 3.70. The first-order valence-electron chi connectivity index (χ1n) is 8.05. The smallest absolute Gasteiger partial charge is 0.125 e. The van der Waals surface area contributed by atoms with Gasteiger partial charge >= 0.3 is 0 Å². The quantitative estimate of drug-likeness (QED) is 0.743. The summed E-state index contributed by atoms with van der Waals surface area (Å²) in [5.41, 5.74) is 2.19. The molecule has 1 atom stereocenters. The second kappa shape index (κ2) is 5.94. The first kappa shape index (κ1) is 17.4. The minimum atomic E-state index is -1.37. The van der Waals surface area contributed by atoms with Crippen LogP contribution in [0.4, 0.5) is 4.39 Å². The Hall–Kier alpha value is -0.916. The molecular weight excluding hydrogens is 307 g/mol. The summed E-state index contributed by atoms with van der Waals surface area (Å²) in [5, 5.41) is 1.15. The summed E-state index contributed by atoms with van der Waals surface area (Å²) in [6, 6.07) is 5.55. The van der Waals surface area contributed by atoms with Crippen molar-refractivity contribution in [2.45, 2.75) is 58.7 Å². The van der Waals surface area contributed by atoms with Crippen molar-refractivity contribution in [2.75, 3.05) is 0 Å². The summed E-state index contributed by atoms with van der Waals surface area (Å²) in [6.07, 6.45) is 3.06. The average Bonchev–Trinajstić information content (AvgIpc) is 2.67. The summed E-state index contributed by atoms with van der Waals surface area (Å²) in [4.78, 5) is 3.21. The largest absolute Gasteiger partial charge is 0.361 e. The summed E-state index contributed by atoms with van der Waals surface area (Å²) in [5.74, 6) is -0.181. The van der Waals surface area contributed by atoms with Crippen molar-refractivity contribution in [3.63, 3.8) is 0 Å². The van der Waals surface area contributed by atoms with Gasteiger partial charge in [0.15, 0.2) is 0 Å². The van der Waals surface area contributed by atoms with E-state index in [0.29, 0.717) is 6.04 Å². The Balaban J connectivity index is 2.31. The Kier molecular flexibility index (Phi) is 4.71. The predicted molar refractivity (Wildman–Crippen MR) is 100.0 cm³/mol. The van der Waals surface area contributed by atoms with Gasteiger partial charge in [-0.05, 0) is 36.2 Å². The topological polar surface area (TPSA) is 19.0 Å². The van der Waals surface area contributed by atoms with Crippen LogP contribution in [0.15, 0.2) is 24.4 Å². The lowest BCUT2D eigenvalue weighted by atomic mass is 10.1. The van der Waals surface area contributed by atoms with E-state index in [1.807, 2.05) is 12.3 Å². The van der Waals surface area contributed by atoms with E-state index in [9.17, 15) is 4.39 Å². The molecule has 1 heterocycles. The molecule has 0 fully saturated rings. The maximum atomic E-state index is 13.3. The third-order valence-corrected chi connectivity index (χ3v) is 11.9. The molecule has 0 amide bonds. The molecule has 0 radical (unpaired) electrons. The van der Waals surface area contributed by atoms with Crippen LogP contribution in [-0.2, 0) is 6.42 Å². The number of benzene rings is 1. The van der Waals surface area contributed by atoms with E-state index in [-0.39, 0.29) is 5.82 Å². The van der Waals surface area contributed by atoms with Crippen LogP contribution < -0.4 is 0 Å². The molecule has 1 aromatic carbocycles.